The molecule has 2 aliphatic heterocycles. The molecule has 4 aliphatic rings. The van der Waals surface area contributed by atoms with Crippen LogP contribution in [-0.4, -0.2) is 234 Å². The molecule has 484 valence electrons. The average Bonchev–Trinajstić information content (AvgIpc) is 2.76. The van der Waals surface area contributed by atoms with Gasteiger partial charge in [-0.1, -0.05) is 61.6 Å². The Balaban J connectivity index is 0.864. The molecule has 5 rings (SSSR count). The molecule has 0 spiro atoms. The molecule has 0 bridgehead atoms. The van der Waals surface area contributed by atoms with E-state index in [4.69, 9.17) is 52.1 Å². The molecule has 1 aromatic carbocycles. The van der Waals surface area contributed by atoms with Crippen molar-refractivity contribution in [1.82, 2.24) is 30.7 Å². The van der Waals surface area contributed by atoms with E-state index in [-0.39, 0.29) is 94.9 Å². The molecule has 0 aromatic heterocycles. The van der Waals surface area contributed by atoms with E-state index in [1.165, 1.54) is 12.2 Å². The van der Waals surface area contributed by atoms with Crippen LogP contribution in [-0.2, 0) is 87.4 Å². The zero-order valence-electron chi connectivity index (χ0n) is 50.9. The molecule has 0 saturated carbocycles. The summed E-state index contributed by atoms with van der Waals surface area (Å²) in [6.07, 6.45) is 20.4. The van der Waals surface area contributed by atoms with Gasteiger partial charge in [0, 0.05) is 76.4 Å². The molecule has 0 fully saturated rings. The fourth-order valence-corrected chi connectivity index (χ4v) is 9.27. The Bertz CT molecular complexity index is 2360. The fourth-order valence-electron chi connectivity index (χ4n) is 9.27. The van der Waals surface area contributed by atoms with Crippen LogP contribution in [0.4, 0.5) is 4.79 Å². The van der Waals surface area contributed by atoms with Crippen molar-refractivity contribution in [3.63, 3.8) is 0 Å². The van der Waals surface area contributed by atoms with Crippen LogP contribution in [0, 0.1) is 5.92 Å². The van der Waals surface area contributed by atoms with Crippen molar-refractivity contribution in [1.29, 1.82) is 0 Å². The molecule has 2 heterocycles. The molecule has 1 unspecified atom stereocenters. The average molecular weight is 1220 g/mol. The third-order valence-corrected chi connectivity index (χ3v) is 14.0. The molecule has 24 heteroatoms. The Morgan fingerprint density at radius 1 is 0.540 bits per heavy atom. The van der Waals surface area contributed by atoms with Crippen molar-refractivity contribution in [3.05, 3.63) is 89.2 Å². The monoisotopic (exact) mass is 1220 g/mol. The summed E-state index contributed by atoms with van der Waals surface area (Å²) in [4.78, 5) is 91.4. The van der Waals surface area contributed by atoms with Gasteiger partial charge in [-0.15, -0.1) is 0 Å². The maximum absolute atomic E-state index is 13.6. The Hall–Kier alpha value is -6.19. The highest BCUT2D eigenvalue weighted by molar-refractivity contribution is 6.13. The van der Waals surface area contributed by atoms with Crippen molar-refractivity contribution in [2.45, 2.75) is 83.8 Å². The lowest BCUT2D eigenvalue weighted by molar-refractivity contribution is -0.137. The molecule has 2 aliphatic carbocycles. The van der Waals surface area contributed by atoms with E-state index in [9.17, 15) is 33.6 Å². The molecule has 7 amide bonds. The van der Waals surface area contributed by atoms with E-state index in [0.717, 1.165) is 65.8 Å². The highest BCUT2D eigenvalue weighted by atomic mass is 16.6. The van der Waals surface area contributed by atoms with Gasteiger partial charge in [-0.25, -0.2) is 4.79 Å². The predicted molar refractivity (Wildman–Crippen MR) is 322 cm³/mol. The smallest absolute Gasteiger partial charge is 0.407 e. The number of fused-ring (bicyclic) bond motifs is 1. The summed E-state index contributed by atoms with van der Waals surface area (Å²) in [5.74, 6) is -1.18. The van der Waals surface area contributed by atoms with Crippen LogP contribution in [0.25, 0.3) is 6.08 Å². The lowest BCUT2D eigenvalue weighted by atomic mass is 9.90. The van der Waals surface area contributed by atoms with E-state index in [0.29, 0.717) is 144 Å². The quantitative estimate of drug-likeness (QED) is 0.0469. The number of alkyl carbamates (subject to hydrolysis) is 1. The third-order valence-electron chi connectivity index (χ3n) is 14.0. The van der Waals surface area contributed by atoms with Gasteiger partial charge in [0.1, 0.15) is 6.10 Å². The van der Waals surface area contributed by atoms with Crippen molar-refractivity contribution in [2.75, 3.05) is 171 Å². The van der Waals surface area contributed by atoms with Gasteiger partial charge in [0.2, 0.25) is 23.6 Å². The summed E-state index contributed by atoms with van der Waals surface area (Å²) in [5, 5.41) is 8.27. The minimum atomic E-state index is -0.423. The first-order valence-corrected chi connectivity index (χ1v) is 30.8. The van der Waals surface area contributed by atoms with Gasteiger partial charge in [0.15, 0.2) is 0 Å². The Labute approximate surface area is 512 Å². The Kier molecular flexibility index (Phi) is 37.1. The van der Waals surface area contributed by atoms with Crippen molar-refractivity contribution >= 4 is 47.6 Å². The van der Waals surface area contributed by atoms with Crippen molar-refractivity contribution in [2.24, 2.45) is 5.92 Å². The molecular formula is C63H94N6O18. The lowest BCUT2D eigenvalue weighted by Crippen LogP contribution is -2.37. The van der Waals surface area contributed by atoms with E-state index in [1.807, 2.05) is 29.2 Å². The number of benzene rings is 1. The van der Waals surface area contributed by atoms with Crippen LogP contribution < -0.4 is 16.0 Å². The molecule has 2 atom stereocenters. The minimum absolute atomic E-state index is 0.0169. The molecule has 3 N–H and O–H groups in total. The van der Waals surface area contributed by atoms with Gasteiger partial charge in [0.05, 0.1) is 145 Å². The molecule has 87 heavy (non-hydrogen) atoms. The van der Waals surface area contributed by atoms with E-state index in [1.54, 1.807) is 4.90 Å². The fraction of sp³-hybridized carbons (Fsp3) is 0.635. The number of nitrogens with one attached hydrogen (secondary N) is 3. The predicted octanol–water partition coefficient (Wildman–Crippen LogP) is 4.22. The summed E-state index contributed by atoms with van der Waals surface area (Å²) < 4.78 is 61.9. The SMILES string of the molecule is CC1C=CC2=C(C=Cc3ccccc3CN2C(=O)CCC(=O)NCCOCCOCCOCCN(CCOCCOCCOCCNC(=O)O[C@H]2CCC=CCCC2)C(=O)CCOCCOCCOCCOCCNC(=O)CCN2C(=O)C=CC2=O)C1. The Morgan fingerprint density at radius 3 is 1.66 bits per heavy atom. The number of imide groups is 1. The molecule has 1 aromatic rings. The number of amides is 7. The first kappa shape index (κ1) is 71.6. The second kappa shape index (κ2) is 45.1. The number of hydrogen-bond donors (Lipinski definition) is 3. The van der Waals surface area contributed by atoms with Gasteiger partial charge in [0.25, 0.3) is 11.8 Å². The first-order chi connectivity index (χ1) is 42.6. The first-order valence-electron chi connectivity index (χ1n) is 30.8. The van der Waals surface area contributed by atoms with E-state index < -0.39 is 17.9 Å². The highest BCUT2D eigenvalue weighted by Crippen LogP contribution is 2.32. The summed E-state index contributed by atoms with van der Waals surface area (Å²) in [6, 6.07) is 8.06. The third kappa shape index (κ3) is 31.5. The van der Waals surface area contributed by atoms with Crippen LogP contribution in [0.3, 0.4) is 0 Å². The zero-order valence-corrected chi connectivity index (χ0v) is 50.9. The zero-order chi connectivity index (χ0) is 61.8. The van der Waals surface area contributed by atoms with Crippen LogP contribution >= 0.6 is 0 Å². The standard InChI is InChI=1S/C63H94N6O18/c1-51-13-16-56-53(49-51)15-14-52-9-7-8-10-54(52)50-69(56)62(75)18-17-57(70)64-23-30-78-36-42-84-45-39-81-33-27-67(28-34-82-40-46-85-44-38-80-32-25-66-63(76)87-55-11-5-3-2-4-6-12-55)59(72)22-29-77-35-41-83-47-48-86-43-37-79-31-24-65-58(71)21-26-68-60(73)19-20-61(68)74/h2-3,7-10,13-16,19-20,51,55H,4-6,11-12,17-18,21-50H2,1H3,(H,64,70)(H,65,71)(H,66,76)/t51?,55-/m0/s1. The van der Waals surface area contributed by atoms with Gasteiger partial charge < -0.3 is 77.9 Å². The van der Waals surface area contributed by atoms with Gasteiger partial charge in [-0.3, -0.25) is 33.7 Å². The number of allylic oxidation sites excluding steroid dienone is 6. The number of carbonyl (C=O) groups is 7. The summed E-state index contributed by atoms with van der Waals surface area (Å²) in [5.41, 5.74) is 4.15. The van der Waals surface area contributed by atoms with Crippen molar-refractivity contribution < 1.29 is 85.7 Å². The number of hydrogen-bond acceptors (Lipinski definition) is 18. The summed E-state index contributed by atoms with van der Waals surface area (Å²) >= 11 is 0. The summed E-state index contributed by atoms with van der Waals surface area (Å²) in [6.45, 7) is 10.5. The maximum Gasteiger partial charge on any atom is 0.407 e. The second-order valence-corrected chi connectivity index (χ2v) is 20.8. The number of nitrogens with zero attached hydrogens (tertiary/aromatic N) is 3. The summed E-state index contributed by atoms with van der Waals surface area (Å²) in [7, 11) is 0. The highest BCUT2D eigenvalue weighted by Gasteiger charge is 2.26. The molecule has 0 saturated heterocycles. The maximum atomic E-state index is 13.6. The normalized spacial score (nSPS) is 16.5. The Morgan fingerprint density at radius 2 is 1.06 bits per heavy atom. The number of carbonyl (C=O) groups excluding carboxylic acids is 7. The lowest BCUT2D eigenvalue weighted by Gasteiger charge is -2.31. The van der Waals surface area contributed by atoms with E-state index in [2.05, 4.69) is 59.3 Å². The van der Waals surface area contributed by atoms with Crippen molar-refractivity contribution in [3.8, 4) is 0 Å². The second-order valence-electron chi connectivity index (χ2n) is 20.8. The van der Waals surface area contributed by atoms with Gasteiger partial charge in [-0.05, 0) is 67.2 Å². The van der Waals surface area contributed by atoms with Gasteiger partial charge in [-0.2, -0.15) is 0 Å². The van der Waals surface area contributed by atoms with Crippen LogP contribution in [0.15, 0.2) is 78.1 Å². The van der Waals surface area contributed by atoms with Crippen LogP contribution in [0.5, 0.6) is 0 Å². The molecule has 24 nitrogen and oxygen atoms in total. The van der Waals surface area contributed by atoms with E-state index >= 15 is 0 Å². The number of ether oxygens (including phenoxy) is 11. The molecular weight excluding hydrogens is 1130 g/mol. The topological polar surface area (TPSA) is 267 Å². The number of rotatable bonds is 46. The van der Waals surface area contributed by atoms with Gasteiger partial charge >= 0.3 is 6.09 Å². The molecule has 0 radical (unpaired) electrons. The largest absolute Gasteiger partial charge is 0.446 e. The minimum Gasteiger partial charge on any atom is -0.446 e. The van der Waals surface area contributed by atoms with Crippen LogP contribution in [0.2, 0.25) is 0 Å². The van der Waals surface area contributed by atoms with Crippen LogP contribution in [0.1, 0.15) is 82.3 Å².